The second-order valence-electron chi connectivity index (χ2n) is 6.17. The number of carbonyl (C=O) groups is 1. The molecule has 1 aromatic rings. The Morgan fingerprint density at radius 1 is 1.41 bits per heavy atom. The number of benzene rings is 1. The number of ether oxygens (including phenoxy) is 1. The summed E-state index contributed by atoms with van der Waals surface area (Å²) in [6.07, 6.45) is 2.29. The van der Waals surface area contributed by atoms with Gasteiger partial charge in [-0.05, 0) is 49.7 Å². The van der Waals surface area contributed by atoms with E-state index in [1.807, 2.05) is 6.07 Å². The first kappa shape index (κ1) is 17.3. The van der Waals surface area contributed by atoms with Gasteiger partial charge in [-0.15, -0.1) is 0 Å². The smallest absolute Gasteiger partial charge is 0.337 e. The number of nitrogens with zero attached hydrogens (tertiary/aromatic N) is 1. The lowest BCUT2D eigenvalue weighted by atomic mass is 10.0. The molecule has 0 aromatic heterocycles. The van der Waals surface area contributed by atoms with Crippen molar-refractivity contribution in [2.45, 2.75) is 45.3 Å². The monoisotopic (exact) mass is 324 g/mol. The number of nitrogens with one attached hydrogen (secondary N) is 1. The molecule has 2 rings (SSSR count). The Bertz CT molecular complexity index is 511. The summed E-state index contributed by atoms with van der Waals surface area (Å²) in [6.45, 7) is 7.24. The maximum Gasteiger partial charge on any atom is 0.337 e. The summed E-state index contributed by atoms with van der Waals surface area (Å²) in [6, 6.07) is 6.45. The zero-order chi connectivity index (χ0) is 16.1. The number of halogens is 1. The molecule has 0 bridgehead atoms. The third-order valence-corrected chi connectivity index (χ3v) is 4.39. The van der Waals surface area contributed by atoms with E-state index in [0.717, 1.165) is 38.0 Å². The first-order valence-electron chi connectivity index (χ1n) is 7.84. The van der Waals surface area contributed by atoms with Crippen LogP contribution in [0.3, 0.4) is 0 Å². The van der Waals surface area contributed by atoms with E-state index in [-0.39, 0.29) is 5.97 Å². The van der Waals surface area contributed by atoms with E-state index >= 15 is 0 Å². The fourth-order valence-electron chi connectivity index (χ4n) is 2.91. The molecule has 0 atom stereocenters. The predicted octanol–water partition coefficient (Wildman–Crippen LogP) is 3.09. The fourth-order valence-corrected chi connectivity index (χ4v) is 3.09. The highest BCUT2D eigenvalue weighted by Crippen LogP contribution is 2.22. The Morgan fingerprint density at radius 3 is 2.68 bits per heavy atom. The van der Waals surface area contributed by atoms with Crippen molar-refractivity contribution in [3.63, 3.8) is 0 Å². The Labute approximate surface area is 137 Å². The molecule has 0 unspecified atom stereocenters. The molecule has 0 radical (unpaired) electrons. The summed E-state index contributed by atoms with van der Waals surface area (Å²) in [7, 11) is 1.39. The lowest BCUT2D eigenvalue weighted by molar-refractivity contribution is 0.0600. The molecule has 0 saturated carbocycles. The lowest BCUT2D eigenvalue weighted by Gasteiger charge is -2.33. The lowest BCUT2D eigenvalue weighted by Crippen LogP contribution is -2.44. The van der Waals surface area contributed by atoms with E-state index in [0.29, 0.717) is 22.7 Å². The van der Waals surface area contributed by atoms with Crippen molar-refractivity contribution in [1.82, 2.24) is 10.2 Å². The highest BCUT2D eigenvalue weighted by molar-refractivity contribution is 6.31. The molecule has 1 heterocycles. The van der Waals surface area contributed by atoms with Crippen LogP contribution in [0.4, 0.5) is 0 Å². The Hall–Kier alpha value is -1.10. The van der Waals surface area contributed by atoms with Gasteiger partial charge in [0.15, 0.2) is 0 Å². The number of hydrogen-bond acceptors (Lipinski definition) is 4. The van der Waals surface area contributed by atoms with E-state index in [2.05, 4.69) is 24.1 Å². The van der Waals surface area contributed by atoms with Crippen LogP contribution in [0.15, 0.2) is 18.2 Å². The molecular formula is C17H25ClN2O2. The van der Waals surface area contributed by atoms with Crippen molar-refractivity contribution in [2.24, 2.45) is 0 Å². The summed E-state index contributed by atoms with van der Waals surface area (Å²) in [5, 5.41) is 4.30. The van der Waals surface area contributed by atoms with E-state index in [9.17, 15) is 4.79 Å². The van der Waals surface area contributed by atoms with Gasteiger partial charge in [0.25, 0.3) is 0 Å². The van der Waals surface area contributed by atoms with Gasteiger partial charge >= 0.3 is 5.97 Å². The summed E-state index contributed by atoms with van der Waals surface area (Å²) in [4.78, 5) is 14.0. The molecule has 0 spiro atoms. The van der Waals surface area contributed by atoms with Crippen LogP contribution in [0, 0.1) is 0 Å². The number of hydrogen-bond donors (Lipinski definition) is 1. The average molecular weight is 325 g/mol. The molecule has 1 saturated heterocycles. The minimum atomic E-state index is -0.322. The molecule has 0 amide bonds. The van der Waals surface area contributed by atoms with Gasteiger partial charge in [0.2, 0.25) is 0 Å². The highest BCUT2D eigenvalue weighted by atomic mass is 35.5. The maximum atomic E-state index is 11.6. The normalized spacial score (nSPS) is 17.0. The SMILES string of the molecule is COC(=O)c1ccc(Cl)c(CN2CCC(NC(C)C)CC2)c1. The molecule has 22 heavy (non-hydrogen) atoms. The second-order valence-corrected chi connectivity index (χ2v) is 6.58. The van der Waals surface area contributed by atoms with Crippen LogP contribution in [0.25, 0.3) is 0 Å². The van der Waals surface area contributed by atoms with Crippen molar-refractivity contribution < 1.29 is 9.53 Å². The summed E-state index contributed by atoms with van der Waals surface area (Å²) >= 11 is 6.27. The van der Waals surface area contributed by atoms with Crippen molar-refractivity contribution in [1.29, 1.82) is 0 Å². The van der Waals surface area contributed by atoms with Crippen molar-refractivity contribution >= 4 is 17.6 Å². The Kier molecular flexibility index (Phi) is 6.24. The molecule has 1 aromatic carbocycles. The van der Waals surface area contributed by atoms with Crippen LogP contribution in [0.5, 0.6) is 0 Å². The molecule has 0 aliphatic carbocycles. The van der Waals surface area contributed by atoms with Gasteiger partial charge in [0.05, 0.1) is 12.7 Å². The zero-order valence-electron chi connectivity index (χ0n) is 13.6. The van der Waals surface area contributed by atoms with Gasteiger partial charge in [0, 0.05) is 23.7 Å². The van der Waals surface area contributed by atoms with Crippen molar-refractivity contribution in [3.8, 4) is 0 Å². The highest BCUT2D eigenvalue weighted by Gasteiger charge is 2.20. The van der Waals surface area contributed by atoms with Crippen LogP contribution in [0.1, 0.15) is 42.6 Å². The Morgan fingerprint density at radius 2 is 2.09 bits per heavy atom. The number of rotatable bonds is 5. The van der Waals surface area contributed by atoms with Gasteiger partial charge in [0.1, 0.15) is 0 Å². The van der Waals surface area contributed by atoms with Crippen LogP contribution in [-0.2, 0) is 11.3 Å². The molecule has 1 fully saturated rings. The number of piperidine rings is 1. The van der Waals surface area contributed by atoms with Gasteiger partial charge in [-0.1, -0.05) is 25.4 Å². The summed E-state index contributed by atoms with van der Waals surface area (Å²) in [5.74, 6) is -0.322. The van der Waals surface area contributed by atoms with Crippen molar-refractivity contribution in [3.05, 3.63) is 34.3 Å². The number of likely N-dealkylation sites (tertiary alicyclic amines) is 1. The first-order valence-corrected chi connectivity index (χ1v) is 8.22. The van der Waals surface area contributed by atoms with Gasteiger partial charge < -0.3 is 10.1 Å². The number of carbonyl (C=O) groups excluding carboxylic acids is 1. The molecule has 1 N–H and O–H groups in total. The first-order chi connectivity index (χ1) is 10.5. The molecule has 5 heteroatoms. The maximum absolute atomic E-state index is 11.6. The van der Waals surface area contributed by atoms with Gasteiger partial charge in [-0.25, -0.2) is 4.79 Å². The van der Waals surface area contributed by atoms with Crippen molar-refractivity contribution in [2.75, 3.05) is 20.2 Å². The fraction of sp³-hybridized carbons (Fsp3) is 0.588. The quantitative estimate of drug-likeness (QED) is 0.845. The van der Waals surface area contributed by atoms with Crippen LogP contribution in [-0.4, -0.2) is 43.2 Å². The minimum Gasteiger partial charge on any atom is -0.465 e. The molecule has 1 aliphatic rings. The van der Waals surface area contributed by atoms with E-state index < -0.39 is 0 Å². The van der Waals surface area contributed by atoms with E-state index in [1.165, 1.54) is 7.11 Å². The van der Waals surface area contributed by atoms with Gasteiger partial charge in [-0.3, -0.25) is 4.90 Å². The largest absolute Gasteiger partial charge is 0.465 e. The molecule has 1 aliphatic heterocycles. The predicted molar refractivity (Wildman–Crippen MR) is 89.4 cm³/mol. The van der Waals surface area contributed by atoms with E-state index in [1.54, 1.807) is 12.1 Å². The summed E-state index contributed by atoms with van der Waals surface area (Å²) < 4.78 is 4.77. The third-order valence-electron chi connectivity index (χ3n) is 4.02. The second kappa shape index (κ2) is 7.95. The van der Waals surface area contributed by atoms with Crippen LogP contribution >= 0.6 is 11.6 Å². The number of esters is 1. The van der Waals surface area contributed by atoms with Crippen LogP contribution < -0.4 is 5.32 Å². The van der Waals surface area contributed by atoms with Gasteiger partial charge in [-0.2, -0.15) is 0 Å². The third kappa shape index (κ3) is 4.70. The average Bonchev–Trinajstić information content (AvgIpc) is 2.50. The minimum absolute atomic E-state index is 0.322. The standard InChI is InChI=1S/C17H25ClN2O2/c1-12(2)19-15-6-8-20(9-7-15)11-14-10-13(17(21)22-3)4-5-16(14)18/h4-5,10,12,15,19H,6-9,11H2,1-3H3. The molecular weight excluding hydrogens is 300 g/mol. The van der Waals surface area contributed by atoms with Crippen LogP contribution in [0.2, 0.25) is 5.02 Å². The molecule has 4 nitrogen and oxygen atoms in total. The summed E-state index contributed by atoms with van der Waals surface area (Å²) in [5.41, 5.74) is 1.54. The Balaban J connectivity index is 1.95. The zero-order valence-corrected chi connectivity index (χ0v) is 14.3. The molecule has 122 valence electrons. The van der Waals surface area contributed by atoms with E-state index in [4.69, 9.17) is 16.3 Å². The topological polar surface area (TPSA) is 41.6 Å². The number of methoxy groups -OCH3 is 1.